The molecule has 402 valence electrons. The quantitative estimate of drug-likeness (QED) is 0.0858. The molecule has 0 unspecified atom stereocenters. The molecular formula is C56H67N9O10S. The van der Waals surface area contributed by atoms with Gasteiger partial charge in [-0.2, -0.15) is 4.98 Å². The van der Waals surface area contributed by atoms with Crippen molar-refractivity contribution in [3.63, 3.8) is 0 Å². The second kappa shape index (κ2) is 19.5. The number of hydrogen-bond donors (Lipinski definition) is 3. The van der Waals surface area contributed by atoms with E-state index in [0.29, 0.717) is 86.9 Å². The Balaban J connectivity index is 0.780. The molecule has 19 nitrogen and oxygen atoms in total. The van der Waals surface area contributed by atoms with Crippen molar-refractivity contribution in [2.45, 2.75) is 125 Å². The summed E-state index contributed by atoms with van der Waals surface area (Å²) in [5.41, 5.74) is 5.59. The number of nitro benzene ring substituents is 1. The van der Waals surface area contributed by atoms with Gasteiger partial charge in [0.05, 0.1) is 71.7 Å². The predicted molar refractivity (Wildman–Crippen MR) is 286 cm³/mol. The maximum absolute atomic E-state index is 14.9. The Bertz CT molecular complexity index is 3170. The number of anilines is 4. The van der Waals surface area contributed by atoms with E-state index in [1.165, 1.54) is 42.9 Å². The van der Waals surface area contributed by atoms with E-state index in [1.807, 2.05) is 30.5 Å². The molecule has 7 aliphatic heterocycles. The van der Waals surface area contributed by atoms with Gasteiger partial charge in [-0.15, -0.1) is 0 Å². The van der Waals surface area contributed by atoms with Crippen molar-refractivity contribution in [1.82, 2.24) is 24.5 Å². The third-order valence-electron chi connectivity index (χ3n) is 17.9. The molecule has 6 atom stereocenters. The maximum Gasteiger partial charge on any atom is 0.297 e. The number of H-pyrrole nitrogens is 1. The van der Waals surface area contributed by atoms with Crippen LogP contribution in [0, 0.1) is 15.5 Å². The fourth-order valence-corrected chi connectivity index (χ4v) is 14.7. The fourth-order valence-electron chi connectivity index (χ4n) is 13.7. The third-order valence-corrected chi connectivity index (χ3v) is 19.3. The summed E-state index contributed by atoms with van der Waals surface area (Å²) in [6, 6.07) is 21.5. The minimum absolute atomic E-state index is 0.0100. The number of fused-ring (bicyclic) bond motifs is 4. The Labute approximate surface area is 442 Å². The van der Waals surface area contributed by atoms with Crippen LogP contribution in [0.15, 0.2) is 77.8 Å². The lowest BCUT2D eigenvalue weighted by atomic mass is 9.59. The number of rotatable bonds is 11. The summed E-state index contributed by atoms with van der Waals surface area (Å²) in [6.45, 7) is 12.7. The first kappa shape index (κ1) is 49.5. The molecule has 8 aliphatic rings. The van der Waals surface area contributed by atoms with Crippen LogP contribution in [-0.2, 0) is 24.2 Å². The predicted octanol–water partition coefficient (Wildman–Crippen LogP) is 7.65. The SMILES string of the molecule is CC(C)c1ccccc1[C@@H]1CCCN1C1CC2(CCN(c3ccc(C(=O)NS(=O)(=O)c4cc5c(c([N+](=O)[O-])c4)N[C@H]([C@H]4CN(C6COC6)[C@H](C)CO4)CO5)c(N4c5cc6cc[nH]c6nc5O[C@H]5COCC[C@H]54)c3)CC2)C1. The van der Waals surface area contributed by atoms with E-state index in [-0.39, 0.29) is 53.3 Å². The number of amides is 1. The summed E-state index contributed by atoms with van der Waals surface area (Å²) in [7, 11) is -4.73. The Kier molecular flexibility index (Phi) is 12.7. The molecule has 3 aromatic carbocycles. The number of sulfonamides is 1. The van der Waals surface area contributed by atoms with Crippen LogP contribution in [0.1, 0.15) is 99.2 Å². The zero-order valence-electron chi connectivity index (χ0n) is 43.3. The van der Waals surface area contributed by atoms with Crippen molar-refractivity contribution in [2.75, 3.05) is 80.9 Å². The number of carbonyl (C=O) groups is 1. The van der Waals surface area contributed by atoms with Crippen molar-refractivity contribution in [2.24, 2.45) is 5.41 Å². The number of aromatic nitrogens is 2. The summed E-state index contributed by atoms with van der Waals surface area (Å²) in [5.74, 6) is -0.0566. The molecule has 13 rings (SSSR count). The largest absolute Gasteiger partial charge is 0.489 e. The number of nitrogens with zero attached hydrogens (tertiary/aromatic N) is 6. The van der Waals surface area contributed by atoms with Crippen LogP contribution in [0.5, 0.6) is 11.6 Å². The van der Waals surface area contributed by atoms with Gasteiger partial charge in [-0.3, -0.25) is 24.7 Å². The van der Waals surface area contributed by atoms with Gasteiger partial charge in [-0.1, -0.05) is 38.1 Å². The van der Waals surface area contributed by atoms with Crippen molar-refractivity contribution >= 4 is 55.4 Å². The number of aromatic amines is 1. The van der Waals surface area contributed by atoms with Gasteiger partial charge in [-0.05, 0) is 111 Å². The van der Waals surface area contributed by atoms with E-state index < -0.39 is 43.6 Å². The molecule has 76 heavy (non-hydrogen) atoms. The van der Waals surface area contributed by atoms with Gasteiger partial charge in [0.2, 0.25) is 5.88 Å². The highest BCUT2D eigenvalue weighted by Gasteiger charge is 2.51. The number of piperidine rings is 1. The fraction of sp³-hybridized carbons (Fsp3) is 0.536. The molecule has 1 saturated carbocycles. The Morgan fingerprint density at radius 1 is 0.908 bits per heavy atom. The molecule has 6 fully saturated rings. The second-order valence-electron chi connectivity index (χ2n) is 22.8. The van der Waals surface area contributed by atoms with Gasteiger partial charge in [0, 0.05) is 73.8 Å². The minimum Gasteiger partial charge on any atom is -0.489 e. The first-order chi connectivity index (χ1) is 36.8. The molecule has 5 saturated heterocycles. The van der Waals surface area contributed by atoms with Gasteiger partial charge < -0.3 is 43.8 Å². The number of morpholine rings is 1. The molecule has 0 radical (unpaired) electrons. The number of likely N-dealkylation sites (tertiary alicyclic amines) is 1. The lowest BCUT2D eigenvalue weighted by Gasteiger charge is -2.56. The van der Waals surface area contributed by atoms with Crippen molar-refractivity contribution in [3.8, 4) is 11.6 Å². The lowest BCUT2D eigenvalue weighted by Crippen LogP contribution is -2.62. The summed E-state index contributed by atoms with van der Waals surface area (Å²) >= 11 is 0. The van der Waals surface area contributed by atoms with E-state index in [9.17, 15) is 23.3 Å². The van der Waals surface area contributed by atoms with Gasteiger partial charge in [0.25, 0.3) is 21.6 Å². The number of ether oxygens (including phenoxy) is 5. The van der Waals surface area contributed by atoms with Crippen LogP contribution in [0.4, 0.5) is 28.4 Å². The average molecular weight is 1060 g/mol. The Morgan fingerprint density at radius 2 is 1.74 bits per heavy atom. The molecule has 3 N–H and O–H groups in total. The van der Waals surface area contributed by atoms with Crippen molar-refractivity contribution < 1.29 is 41.8 Å². The topological polar surface area (TPSA) is 206 Å². The molecule has 9 heterocycles. The van der Waals surface area contributed by atoms with Gasteiger partial charge in [-0.25, -0.2) is 13.1 Å². The zero-order valence-corrected chi connectivity index (χ0v) is 44.1. The zero-order chi connectivity index (χ0) is 52.0. The van der Waals surface area contributed by atoms with E-state index in [1.54, 1.807) is 6.07 Å². The molecule has 1 aliphatic carbocycles. The van der Waals surface area contributed by atoms with E-state index in [0.717, 1.165) is 49.6 Å². The maximum atomic E-state index is 14.9. The molecular weight excluding hydrogens is 991 g/mol. The summed E-state index contributed by atoms with van der Waals surface area (Å²) < 4.78 is 61.5. The molecule has 1 spiro atoms. The standard InChI is InChI=1S/C56H67N9O10S/c1-33(2)40-7-4-5-8-41(40)44-9-6-17-62(44)37-25-56(26-37)14-18-61(19-15-56)36-10-11-42(46(22-36)64-45-13-20-71-32-51(45)75-55-48(64)21-35-12-16-57-53(35)59-55)54(66)60-76(69,70)39-23-47(65(67)68)52-49(24-39)74-31-43(58-52)50-27-63(34(3)28-73-50)38-29-72-30-38/h4-5,7-8,10-12,16,21-24,33-34,37-38,43-45,50-51,58H,6,9,13-15,17-20,25-32H2,1-3H3,(H,57,59)(H,60,66)/t34-,43+,44+,45-,50-,51+/m1/s1. The van der Waals surface area contributed by atoms with Gasteiger partial charge in [0.15, 0.2) is 11.4 Å². The first-order valence-corrected chi connectivity index (χ1v) is 28.8. The van der Waals surface area contributed by atoms with Crippen LogP contribution < -0.4 is 29.3 Å². The number of hydrogen-bond acceptors (Lipinski definition) is 16. The van der Waals surface area contributed by atoms with Gasteiger partial charge >= 0.3 is 0 Å². The van der Waals surface area contributed by atoms with Crippen LogP contribution in [0.25, 0.3) is 11.0 Å². The lowest BCUT2D eigenvalue weighted by molar-refractivity contribution is -0.384. The molecule has 2 aromatic heterocycles. The first-order valence-electron chi connectivity index (χ1n) is 27.3. The third kappa shape index (κ3) is 8.81. The molecule has 1 amide bonds. The van der Waals surface area contributed by atoms with Crippen molar-refractivity contribution in [3.05, 3.63) is 99.7 Å². The smallest absolute Gasteiger partial charge is 0.297 e. The number of nitro groups is 1. The minimum atomic E-state index is -4.73. The summed E-state index contributed by atoms with van der Waals surface area (Å²) in [5, 5.41) is 16.8. The van der Waals surface area contributed by atoms with E-state index in [2.05, 4.69) is 79.7 Å². The highest BCUT2D eigenvalue weighted by molar-refractivity contribution is 7.90. The monoisotopic (exact) mass is 1060 g/mol. The highest BCUT2D eigenvalue weighted by Crippen LogP contribution is 2.55. The number of benzene rings is 3. The number of pyridine rings is 1. The Hall–Kier alpha value is -6.03. The Morgan fingerprint density at radius 3 is 2.53 bits per heavy atom. The van der Waals surface area contributed by atoms with Crippen LogP contribution >= 0.6 is 0 Å². The molecule has 20 heteroatoms. The summed E-state index contributed by atoms with van der Waals surface area (Å²) in [4.78, 5) is 44.1. The average Bonchev–Trinajstić information content (AvgIpc) is 4.21. The normalized spacial score (nSPS) is 26.9. The highest BCUT2D eigenvalue weighted by atomic mass is 32.2. The van der Waals surface area contributed by atoms with Crippen molar-refractivity contribution in [1.29, 1.82) is 0 Å². The van der Waals surface area contributed by atoms with E-state index >= 15 is 0 Å². The van der Waals surface area contributed by atoms with Crippen LogP contribution in [0.2, 0.25) is 0 Å². The van der Waals surface area contributed by atoms with Crippen LogP contribution in [0.3, 0.4) is 0 Å². The second-order valence-corrected chi connectivity index (χ2v) is 24.5. The number of carbonyl (C=O) groups excluding carboxylic acids is 1. The molecule has 5 aromatic rings. The van der Waals surface area contributed by atoms with Gasteiger partial charge in [0.1, 0.15) is 24.0 Å². The molecule has 0 bridgehead atoms. The number of nitrogens with one attached hydrogen (secondary N) is 3. The van der Waals surface area contributed by atoms with E-state index in [4.69, 9.17) is 28.7 Å². The summed E-state index contributed by atoms with van der Waals surface area (Å²) in [6.07, 6.45) is 8.51. The van der Waals surface area contributed by atoms with Crippen LogP contribution in [-0.4, -0.2) is 147 Å².